The lowest BCUT2D eigenvalue weighted by molar-refractivity contribution is -0.387. The van der Waals surface area contributed by atoms with Gasteiger partial charge in [0.25, 0.3) is 5.69 Å². The summed E-state index contributed by atoms with van der Waals surface area (Å²) in [5.41, 5.74) is -0.375. The van der Waals surface area contributed by atoms with Crippen molar-refractivity contribution in [1.29, 1.82) is 0 Å². The van der Waals surface area contributed by atoms with Gasteiger partial charge in [0.05, 0.1) is 4.92 Å². The van der Waals surface area contributed by atoms with Crippen LogP contribution in [0.15, 0.2) is 27.6 Å². The van der Waals surface area contributed by atoms with Crippen molar-refractivity contribution in [1.82, 2.24) is 4.31 Å². The molecule has 1 aliphatic rings. The third-order valence-electron chi connectivity index (χ3n) is 3.55. The Morgan fingerprint density at radius 1 is 1.10 bits per heavy atom. The van der Waals surface area contributed by atoms with E-state index in [1.807, 2.05) is 0 Å². The first-order valence-electron chi connectivity index (χ1n) is 6.87. The van der Waals surface area contributed by atoms with Crippen LogP contribution in [0.25, 0.3) is 0 Å². The lowest BCUT2D eigenvalue weighted by Crippen LogP contribution is -2.34. The van der Waals surface area contributed by atoms with Crippen molar-refractivity contribution in [3.63, 3.8) is 0 Å². The van der Waals surface area contributed by atoms with Crippen molar-refractivity contribution in [3.05, 3.63) is 32.8 Å². The Morgan fingerprint density at radius 2 is 1.67 bits per heavy atom. The molecular weight excluding hydrogens is 360 g/mol. The van der Waals surface area contributed by atoms with Crippen LogP contribution >= 0.6 is 15.9 Å². The monoisotopic (exact) mass is 376 g/mol. The Kier molecular flexibility index (Phi) is 5.34. The number of nitrogens with zero attached hydrogens (tertiary/aromatic N) is 2. The highest BCUT2D eigenvalue weighted by molar-refractivity contribution is 9.10. The molecular formula is C13H17BrN2O4S. The maximum atomic E-state index is 12.7. The van der Waals surface area contributed by atoms with Crippen LogP contribution in [0.1, 0.15) is 32.1 Å². The quantitative estimate of drug-likeness (QED) is 0.598. The molecule has 0 amide bonds. The summed E-state index contributed by atoms with van der Waals surface area (Å²) in [4.78, 5) is 10.2. The van der Waals surface area contributed by atoms with E-state index in [2.05, 4.69) is 15.9 Å². The Hall–Kier alpha value is -0.990. The van der Waals surface area contributed by atoms with Gasteiger partial charge in [-0.25, -0.2) is 8.42 Å². The summed E-state index contributed by atoms with van der Waals surface area (Å²) < 4.78 is 27.3. The van der Waals surface area contributed by atoms with Gasteiger partial charge < -0.3 is 0 Å². The minimum absolute atomic E-state index is 0.234. The summed E-state index contributed by atoms with van der Waals surface area (Å²) in [6, 6.07) is 4.01. The fourth-order valence-electron chi connectivity index (χ4n) is 2.44. The van der Waals surface area contributed by atoms with Gasteiger partial charge in [0, 0.05) is 23.6 Å². The molecule has 0 spiro atoms. The number of sulfonamides is 1. The van der Waals surface area contributed by atoms with E-state index in [1.54, 1.807) is 0 Å². The van der Waals surface area contributed by atoms with Gasteiger partial charge in [0.2, 0.25) is 10.0 Å². The number of rotatable bonds is 3. The molecule has 1 heterocycles. The smallest absolute Gasteiger partial charge is 0.258 e. The highest BCUT2D eigenvalue weighted by Crippen LogP contribution is 2.30. The second-order valence-electron chi connectivity index (χ2n) is 5.04. The first-order valence-corrected chi connectivity index (χ1v) is 9.10. The lowest BCUT2D eigenvalue weighted by Gasteiger charge is -2.24. The molecule has 1 saturated heterocycles. The molecule has 0 aliphatic carbocycles. The molecule has 0 radical (unpaired) electrons. The van der Waals surface area contributed by atoms with Gasteiger partial charge in [-0.05, 0) is 25.0 Å². The minimum Gasteiger partial charge on any atom is -0.258 e. The molecule has 0 saturated carbocycles. The Bertz CT molecular complexity index is 625. The van der Waals surface area contributed by atoms with E-state index in [0.29, 0.717) is 17.6 Å². The second-order valence-corrected chi connectivity index (χ2v) is 7.86. The fraction of sp³-hybridized carbons (Fsp3) is 0.538. The number of hydrogen-bond acceptors (Lipinski definition) is 4. The zero-order valence-electron chi connectivity index (χ0n) is 11.5. The molecule has 21 heavy (non-hydrogen) atoms. The molecule has 1 fully saturated rings. The van der Waals surface area contributed by atoms with Gasteiger partial charge in [-0.3, -0.25) is 10.1 Å². The van der Waals surface area contributed by atoms with Gasteiger partial charge >= 0.3 is 0 Å². The molecule has 1 aromatic carbocycles. The Labute approximate surface area is 132 Å². The minimum atomic E-state index is -3.84. The molecule has 2 rings (SSSR count). The van der Waals surface area contributed by atoms with Crippen LogP contribution in [-0.4, -0.2) is 30.7 Å². The van der Waals surface area contributed by atoms with Gasteiger partial charge in [-0.2, -0.15) is 4.31 Å². The molecule has 0 N–H and O–H groups in total. The summed E-state index contributed by atoms with van der Waals surface area (Å²) in [6.07, 6.45) is 4.69. The molecule has 0 unspecified atom stereocenters. The molecule has 6 nitrogen and oxygen atoms in total. The molecule has 1 aliphatic heterocycles. The zero-order valence-corrected chi connectivity index (χ0v) is 13.9. The molecule has 8 heteroatoms. The van der Waals surface area contributed by atoms with E-state index < -0.39 is 14.9 Å². The summed E-state index contributed by atoms with van der Waals surface area (Å²) in [5.74, 6) is 0. The average molecular weight is 377 g/mol. The number of benzene rings is 1. The Morgan fingerprint density at radius 3 is 2.24 bits per heavy atom. The SMILES string of the molecule is O=[N+]([O-])c1ccc(Br)cc1S(=O)(=O)N1CCCCCCC1. The van der Waals surface area contributed by atoms with E-state index >= 15 is 0 Å². The van der Waals surface area contributed by atoms with Crippen molar-refractivity contribution in [2.75, 3.05) is 13.1 Å². The highest BCUT2D eigenvalue weighted by atomic mass is 79.9. The molecule has 0 bridgehead atoms. The standard InChI is InChI=1S/C13H17BrN2O4S/c14-11-6-7-12(16(17)18)13(10-11)21(19,20)15-8-4-2-1-3-5-9-15/h6-7,10H,1-5,8-9H2. The maximum Gasteiger partial charge on any atom is 0.289 e. The fourth-order valence-corrected chi connectivity index (χ4v) is 4.66. The molecule has 0 aromatic heterocycles. The first-order chi connectivity index (χ1) is 9.93. The van der Waals surface area contributed by atoms with Gasteiger partial charge in [0.15, 0.2) is 4.90 Å². The van der Waals surface area contributed by atoms with Crippen LogP contribution in [-0.2, 0) is 10.0 Å². The summed E-state index contributed by atoms with van der Waals surface area (Å²) >= 11 is 3.18. The lowest BCUT2D eigenvalue weighted by atomic mass is 10.1. The summed E-state index contributed by atoms with van der Waals surface area (Å²) in [7, 11) is -3.84. The summed E-state index contributed by atoms with van der Waals surface area (Å²) in [5, 5.41) is 11.1. The van der Waals surface area contributed by atoms with E-state index in [4.69, 9.17) is 0 Å². The number of hydrogen-bond donors (Lipinski definition) is 0. The summed E-state index contributed by atoms with van der Waals surface area (Å²) in [6.45, 7) is 0.845. The molecule has 0 atom stereocenters. The normalized spacial score (nSPS) is 18.0. The number of halogens is 1. The third kappa shape index (κ3) is 3.81. The van der Waals surface area contributed by atoms with Crippen molar-refractivity contribution in [3.8, 4) is 0 Å². The second kappa shape index (κ2) is 6.85. The highest BCUT2D eigenvalue weighted by Gasteiger charge is 2.31. The predicted molar refractivity (Wildman–Crippen MR) is 82.6 cm³/mol. The number of nitro benzene ring substituents is 1. The van der Waals surface area contributed by atoms with E-state index in [1.165, 1.54) is 22.5 Å². The zero-order chi connectivity index (χ0) is 15.5. The van der Waals surface area contributed by atoms with Crippen molar-refractivity contribution in [2.45, 2.75) is 37.0 Å². The maximum absolute atomic E-state index is 12.7. The first kappa shape index (κ1) is 16.4. The molecule has 116 valence electrons. The van der Waals surface area contributed by atoms with Crippen molar-refractivity contribution < 1.29 is 13.3 Å². The van der Waals surface area contributed by atoms with Crippen LogP contribution < -0.4 is 0 Å². The van der Waals surface area contributed by atoms with E-state index in [0.717, 1.165) is 32.1 Å². The topological polar surface area (TPSA) is 80.5 Å². The van der Waals surface area contributed by atoms with Crippen LogP contribution in [0, 0.1) is 10.1 Å². The third-order valence-corrected chi connectivity index (χ3v) is 5.97. The van der Waals surface area contributed by atoms with Gasteiger partial charge in [-0.15, -0.1) is 0 Å². The van der Waals surface area contributed by atoms with E-state index in [9.17, 15) is 18.5 Å². The van der Waals surface area contributed by atoms with Crippen LogP contribution in [0.2, 0.25) is 0 Å². The average Bonchev–Trinajstić information content (AvgIpc) is 2.37. The van der Waals surface area contributed by atoms with Crippen LogP contribution in [0.3, 0.4) is 0 Å². The van der Waals surface area contributed by atoms with E-state index in [-0.39, 0.29) is 10.6 Å². The molecule has 1 aromatic rings. The Balaban J connectivity index is 2.42. The van der Waals surface area contributed by atoms with Crippen molar-refractivity contribution in [2.24, 2.45) is 0 Å². The predicted octanol–water partition coefficient (Wildman–Crippen LogP) is 3.31. The largest absolute Gasteiger partial charge is 0.289 e. The number of nitro groups is 1. The van der Waals surface area contributed by atoms with Crippen LogP contribution in [0.5, 0.6) is 0 Å². The van der Waals surface area contributed by atoms with Gasteiger partial charge in [-0.1, -0.05) is 35.2 Å². The van der Waals surface area contributed by atoms with Gasteiger partial charge in [0.1, 0.15) is 0 Å². The van der Waals surface area contributed by atoms with Crippen molar-refractivity contribution >= 4 is 31.6 Å². The van der Waals surface area contributed by atoms with Crippen LogP contribution in [0.4, 0.5) is 5.69 Å².